The summed E-state index contributed by atoms with van der Waals surface area (Å²) in [6.45, 7) is 3.90. The molecule has 2 aromatic carbocycles. The van der Waals surface area contributed by atoms with E-state index in [1.807, 2.05) is 13.8 Å². The molecule has 4 N–H and O–H groups in total. The van der Waals surface area contributed by atoms with Crippen LogP contribution in [0.2, 0.25) is 0 Å². The second-order valence-corrected chi connectivity index (χ2v) is 8.66. The maximum atomic E-state index is 11.5. The lowest BCUT2D eigenvalue weighted by atomic mass is 10.1. The molecule has 1 heterocycles. The van der Waals surface area contributed by atoms with Crippen molar-refractivity contribution < 1.29 is 39.5 Å². The highest BCUT2D eigenvalue weighted by Crippen LogP contribution is 2.34. The molecule has 1 aromatic heterocycles. The number of hydrogen-bond donors (Lipinski definition) is 4. The predicted molar refractivity (Wildman–Crippen MR) is 137 cm³/mol. The van der Waals surface area contributed by atoms with Crippen molar-refractivity contribution in [1.82, 2.24) is 15.0 Å². The Kier molecular flexibility index (Phi) is 9.80. The first kappa shape index (κ1) is 28.2. The molecule has 0 amide bonds. The molecule has 2 unspecified atom stereocenters. The number of carboxylic acid groups (broad SMARTS) is 2. The number of rotatable bonds is 14. The molecular formula is C27H31N3O8. The Balaban J connectivity index is 1.81. The van der Waals surface area contributed by atoms with Crippen molar-refractivity contribution in [3.05, 3.63) is 42.7 Å². The normalized spacial score (nSPS) is 12.5. The lowest BCUT2D eigenvalue weighted by Gasteiger charge is -2.16. The molecular weight excluding hydrogens is 494 g/mol. The molecule has 0 spiro atoms. The van der Waals surface area contributed by atoms with Gasteiger partial charge >= 0.3 is 11.9 Å². The SMILES string of the molecule is CCCCC(Oc1ccc(-c2ncnc(-c3ccc(OC(CCCC)C(=O)O)cc3O)n2)c(O)c1)C(=O)O. The summed E-state index contributed by atoms with van der Waals surface area (Å²) in [4.78, 5) is 35.5. The third-order valence-corrected chi connectivity index (χ3v) is 5.74. The Hall–Kier alpha value is -4.41. The fourth-order valence-electron chi connectivity index (χ4n) is 3.68. The van der Waals surface area contributed by atoms with Crippen LogP contribution in [0.1, 0.15) is 52.4 Å². The molecule has 3 aromatic rings. The van der Waals surface area contributed by atoms with Crippen LogP contribution in [0.15, 0.2) is 42.7 Å². The van der Waals surface area contributed by atoms with Crippen molar-refractivity contribution in [2.45, 2.75) is 64.6 Å². The van der Waals surface area contributed by atoms with Gasteiger partial charge < -0.3 is 29.9 Å². The van der Waals surface area contributed by atoms with E-state index in [0.29, 0.717) is 25.7 Å². The van der Waals surface area contributed by atoms with Gasteiger partial charge in [0, 0.05) is 12.1 Å². The van der Waals surface area contributed by atoms with Crippen LogP contribution in [0.5, 0.6) is 23.0 Å². The van der Waals surface area contributed by atoms with Crippen molar-refractivity contribution in [1.29, 1.82) is 0 Å². The van der Waals surface area contributed by atoms with Gasteiger partial charge in [-0.05, 0) is 49.9 Å². The van der Waals surface area contributed by atoms with Crippen LogP contribution in [-0.4, -0.2) is 59.5 Å². The summed E-state index contributed by atoms with van der Waals surface area (Å²) in [5, 5.41) is 39.9. The number of ether oxygens (including phenoxy) is 2. The van der Waals surface area contributed by atoms with Crippen LogP contribution in [0.3, 0.4) is 0 Å². The average Bonchev–Trinajstić information content (AvgIpc) is 2.88. The van der Waals surface area contributed by atoms with E-state index in [1.54, 1.807) is 0 Å². The molecule has 2 atom stereocenters. The van der Waals surface area contributed by atoms with Gasteiger partial charge in [-0.25, -0.2) is 24.5 Å². The van der Waals surface area contributed by atoms with E-state index < -0.39 is 24.1 Å². The van der Waals surface area contributed by atoms with E-state index in [-0.39, 0.29) is 45.8 Å². The molecule has 0 aliphatic carbocycles. The van der Waals surface area contributed by atoms with Crippen LogP contribution in [0.25, 0.3) is 22.8 Å². The van der Waals surface area contributed by atoms with E-state index in [2.05, 4.69) is 15.0 Å². The number of benzene rings is 2. The highest BCUT2D eigenvalue weighted by Gasteiger charge is 2.21. The lowest BCUT2D eigenvalue weighted by molar-refractivity contribution is -0.146. The number of phenolic OH excluding ortho intramolecular Hbond substituents is 2. The number of unbranched alkanes of at least 4 members (excludes halogenated alkanes) is 2. The van der Waals surface area contributed by atoms with Gasteiger partial charge in [-0.3, -0.25) is 0 Å². The second-order valence-electron chi connectivity index (χ2n) is 8.66. The van der Waals surface area contributed by atoms with Gasteiger partial charge in [0.2, 0.25) is 0 Å². The monoisotopic (exact) mass is 525 g/mol. The van der Waals surface area contributed by atoms with Crippen molar-refractivity contribution >= 4 is 11.9 Å². The zero-order valence-corrected chi connectivity index (χ0v) is 21.2. The first-order chi connectivity index (χ1) is 18.2. The highest BCUT2D eigenvalue weighted by molar-refractivity contribution is 5.74. The van der Waals surface area contributed by atoms with Crippen molar-refractivity contribution in [3.8, 4) is 45.8 Å². The Morgan fingerprint density at radius 2 is 1.18 bits per heavy atom. The quantitative estimate of drug-likeness (QED) is 0.230. The van der Waals surface area contributed by atoms with Gasteiger partial charge in [-0.2, -0.15) is 0 Å². The largest absolute Gasteiger partial charge is 0.507 e. The highest BCUT2D eigenvalue weighted by atomic mass is 16.5. The van der Waals surface area contributed by atoms with Crippen molar-refractivity contribution in [2.24, 2.45) is 0 Å². The molecule has 0 aliphatic heterocycles. The molecule has 11 heteroatoms. The van der Waals surface area contributed by atoms with Gasteiger partial charge in [0.05, 0.1) is 11.1 Å². The number of carbonyl (C=O) groups is 2. The predicted octanol–water partition coefficient (Wildman–Crippen LogP) is 4.66. The fraction of sp³-hybridized carbons (Fsp3) is 0.370. The first-order valence-corrected chi connectivity index (χ1v) is 12.4. The third kappa shape index (κ3) is 7.31. The lowest BCUT2D eigenvalue weighted by Crippen LogP contribution is -2.26. The summed E-state index contributed by atoms with van der Waals surface area (Å²) in [7, 11) is 0. The second kappa shape index (κ2) is 13.2. The Labute approximate surface area is 219 Å². The molecule has 0 saturated carbocycles. The maximum Gasteiger partial charge on any atom is 0.344 e. The summed E-state index contributed by atoms with van der Waals surface area (Å²) in [5.41, 5.74) is 0.502. The van der Waals surface area contributed by atoms with Gasteiger partial charge in [-0.1, -0.05) is 26.7 Å². The molecule has 3 rings (SSSR count). The smallest absolute Gasteiger partial charge is 0.344 e. The molecule has 0 bridgehead atoms. The van der Waals surface area contributed by atoms with E-state index in [0.717, 1.165) is 12.8 Å². The fourth-order valence-corrected chi connectivity index (χ4v) is 3.68. The maximum absolute atomic E-state index is 11.5. The average molecular weight is 526 g/mol. The van der Waals surface area contributed by atoms with Crippen LogP contribution in [-0.2, 0) is 9.59 Å². The number of aromatic hydroxyl groups is 2. The van der Waals surface area contributed by atoms with E-state index in [4.69, 9.17) is 9.47 Å². The Bertz CT molecular complexity index is 1170. The standard InChI is InChI=1S/C27H31N3O8/c1-3-5-7-22(26(33)34)37-16-9-11-18(20(31)13-16)24-28-15-29-25(30-24)19-12-10-17(14-21(19)32)38-23(27(35)36)8-6-4-2/h9-15,22-23,31-32H,3-8H2,1-2H3,(H,33,34)(H,35,36). The summed E-state index contributed by atoms with van der Waals surface area (Å²) in [6, 6.07) is 8.62. The topological polar surface area (TPSA) is 172 Å². The minimum absolute atomic E-state index is 0.116. The molecule has 0 aliphatic rings. The van der Waals surface area contributed by atoms with Crippen LogP contribution >= 0.6 is 0 Å². The van der Waals surface area contributed by atoms with E-state index >= 15 is 0 Å². The zero-order chi connectivity index (χ0) is 27.7. The molecule has 0 radical (unpaired) electrons. The zero-order valence-electron chi connectivity index (χ0n) is 21.2. The minimum atomic E-state index is -1.08. The van der Waals surface area contributed by atoms with Gasteiger partial charge in [0.25, 0.3) is 0 Å². The number of carboxylic acids is 2. The molecule has 202 valence electrons. The molecule has 11 nitrogen and oxygen atoms in total. The minimum Gasteiger partial charge on any atom is -0.507 e. The third-order valence-electron chi connectivity index (χ3n) is 5.74. The summed E-state index contributed by atoms with van der Waals surface area (Å²) in [6.07, 6.45) is 2.87. The van der Waals surface area contributed by atoms with Crippen molar-refractivity contribution in [3.63, 3.8) is 0 Å². The van der Waals surface area contributed by atoms with E-state index in [1.165, 1.54) is 42.7 Å². The van der Waals surface area contributed by atoms with Crippen LogP contribution in [0, 0.1) is 0 Å². The first-order valence-electron chi connectivity index (χ1n) is 12.4. The molecule has 38 heavy (non-hydrogen) atoms. The number of aliphatic carboxylic acids is 2. The number of phenols is 2. The van der Waals surface area contributed by atoms with Crippen LogP contribution < -0.4 is 9.47 Å². The number of nitrogens with zero attached hydrogens (tertiary/aromatic N) is 3. The van der Waals surface area contributed by atoms with Gasteiger partial charge in [0.15, 0.2) is 23.9 Å². The Morgan fingerprint density at radius 1 is 0.763 bits per heavy atom. The Morgan fingerprint density at radius 3 is 1.53 bits per heavy atom. The van der Waals surface area contributed by atoms with Gasteiger partial charge in [0.1, 0.15) is 29.3 Å². The number of aromatic nitrogens is 3. The molecule has 0 saturated heterocycles. The summed E-state index contributed by atoms with van der Waals surface area (Å²) < 4.78 is 11.1. The summed E-state index contributed by atoms with van der Waals surface area (Å²) >= 11 is 0. The van der Waals surface area contributed by atoms with E-state index in [9.17, 15) is 30.0 Å². The number of hydrogen-bond acceptors (Lipinski definition) is 9. The summed E-state index contributed by atoms with van der Waals surface area (Å²) in [5.74, 6) is -2.00. The van der Waals surface area contributed by atoms with Crippen LogP contribution in [0.4, 0.5) is 0 Å². The van der Waals surface area contributed by atoms with Gasteiger partial charge in [-0.15, -0.1) is 0 Å². The van der Waals surface area contributed by atoms with Crippen molar-refractivity contribution in [2.75, 3.05) is 0 Å². The molecule has 0 fully saturated rings.